The molecule has 0 aliphatic carbocycles. The van der Waals surface area contributed by atoms with Crippen molar-refractivity contribution < 1.29 is 21.1 Å². The number of nitrogens with zero attached hydrogens (tertiary/aromatic N) is 1. The second-order valence-corrected chi connectivity index (χ2v) is 6.96. The molecule has 0 saturated carbocycles. The molecule has 3 aromatic rings. The average molecular weight is 508 g/mol. The van der Waals surface area contributed by atoms with Crippen molar-refractivity contribution in [1.82, 2.24) is 4.98 Å². The van der Waals surface area contributed by atoms with Crippen LogP contribution in [0.4, 0.5) is 0 Å². The first kappa shape index (κ1) is 19.3. The minimum absolute atomic E-state index is 0. The van der Waals surface area contributed by atoms with Crippen molar-refractivity contribution in [2.45, 2.75) is 26.2 Å². The van der Waals surface area contributed by atoms with Gasteiger partial charge in [0.15, 0.2) is 0 Å². The first-order valence-electron chi connectivity index (χ1n) is 8.24. The Morgan fingerprint density at radius 1 is 0.840 bits per heavy atom. The van der Waals surface area contributed by atoms with Crippen LogP contribution in [0.2, 0.25) is 0 Å². The molecule has 0 amide bonds. The predicted molar refractivity (Wildman–Crippen MR) is 103 cm³/mol. The second-order valence-electron chi connectivity index (χ2n) is 6.96. The number of rotatable bonds is 3. The standard InChI is InChI=1S/C23H22N.Pt/c1-23(2,3)21-14-12-20(13-15-21)22-16-11-19(17-24-22)10-9-18-7-5-4-6-8-18;/h4-12,14-17H,1-3H3;/q-1;/b10-9+;. The van der Waals surface area contributed by atoms with Crippen LogP contribution in [-0.4, -0.2) is 4.98 Å². The van der Waals surface area contributed by atoms with Gasteiger partial charge in [0.1, 0.15) is 0 Å². The zero-order valence-corrected chi connectivity index (χ0v) is 17.0. The SMILES string of the molecule is CC(C)(C)c1c[c-]c(-c2ccc(/C=C/c3ccccc3)cn2)cc1.[Pt]. The Kier molecular flexibility index (Phi) is 6.50. The van der Waals surface area contributed by atoms with Crippen LogP contribution >= 0.6 is 0 Å². The van der Waals surface area contributed by atoms with Crippen molar-refractivity contribution in [3.63, 3.8) is 0 Å². The van der Waals surface area contributed by atoms with Gasteiger partial charge in [-0.25, -0.2) is 0 Å². The molecular weight excluding hydrogens is 485 g/mol. The minimum atomic E-state index is 0. The quantitative estimate of drug-likeness (QED) is 0.396. The molecule has 2 aromatic carbocycles. The van der Waals surface area contributed by atoms with Crippen molar-refractivity contribution >= 4 is 12.2 Å². The molecule has 3 rings (SSSR count). The Hall–Kier alpha value is -1.98. The second kappa shape index (κ2) is 8.41. The third-order valence-corrected chi connectivity index (χ3v) is 4.01. The molecule has 1 nitrogen and oxygen atoms in total. The van der Waals surface area contributed by atoms with Gasteiger partial charge in [0.25, 0.3) is 0 Å². The van der Waals surface area contributed by atoms with E-state index >= 15 is 0 Å². The Morgan fingerprint density at radius 3 is 2.12 bits per heavy atom. The summed E-state index contributed by atoms with van der Waals surface area (Å²) in [6, 6.07) is 24.1. The molecule has 0 unspecified atom stereocenters. The van der Waals surface area contributed by atoms with E-state index in [-0.39, 0.29) is 26.5 Å². The fraction of sp³-hybridized carbons (Fsp3) is 0.174. The fourth-order valence-corrected chi connectivity index (χ4v) is 2.47. The van der Waals surface area contributed by atoms with Crippen molar-refractivity contribution in [2.75, 3.05) is 0 Å². The van der Waals surface area contributed by atoms with Gasteiger partial charge in [0.2, 0.25) is 0 Å². The van der Waals surface area contributed by atoms with Crippen molar-refractivity contribution in [3.8, 4) is 11.3 Å². The maximum absolute atomic E-state index is 4.57. The number of pyridine rings is 1. The van der Waals surface area contributed by atoms with E-state index < -0.39 is 0 Å². The largest absolute Gasteiger partial charge is 0.304 e. The van der Waals surface area contributed by atoms with Crippen molar-refractivity contribution in [3.05, 3.63) is 89.6 Å². The number of benzene rings is 2. The van der Waals surface area contributed by atoms with Gasteiger partial charge in [-0.3, -0.25) is 0 Å². The molecule has 25 heavy (non-hydrogen) atoms. The van der Waals surface area contributed by atoms with E-state index in [1.54, 1.807) is 0 Å². The molecular formula is C23H22NPt-. The number of aromatic nitrogens is 1. The van der Waals surface area contributed by atoms with Crippen LogP contribution in [0.15, 0.2) is 66.9 Å². The summed E-state index contributed by atoms with van der Waals surface area (Å²) >= 11 is 0. The summed E-state index contributed by atoms with van der Waals surface area (Å²) in [7, 11) is 0. The fourth-order valence-electron chi connectivity index (χ4n) is 2.47. The van der Waals surface area contributed by atoms with E-state index in [4.69, 9.17) is 0 Å². The molecule has 0 fully saturated rings. The minimum Gasteiger partial charge on any atom is -0.304 e. The molecule has 130 valence electrons. The van der Waals surface area contributed by atoms with E-state index in [2.05, 4.69) is 80.4 Å². The molecule has 1 aromatic heterocycles. The summed E-state index contributed by atoms with van der Waals surface area (Å²) < 4.78 is 0. The summed E-state index contributed by atoms with van der Waals surface area (Å²) in [6.07, 6.45) is 6.08. The van der Waals surface area contributed by atoms with E-state index in [1.807, 2.05) is 30.5 Å². The van der Waals surface area contributed by atoms with Crippen LogP contribution in [0, 0.1) is 6.07 Å². The van der Waals surface area contributed by atoms with Gasteiger partial charge in [0.05, 0.1) is 0 Å². The molecule has 0 saturated heterocycles. The first-order chi connectivity index (χ1) is 11.5. The first-order valence-corrected chi connectivity index (χ1v) is 8.24. The zero-order chi connectivity index (χ0) is 17.0. The summed E-state index contributed by atoms with van der Waals surface area (Å²) in [6.45, 7) is 6.63. The van der Waals surface area contributed by atoms with Crippen LogP contribution in [0.3, 0.4) is 0 Å². The molecule has 0 spiro atoms. The Balaban J connectivity index is 0.00000225. The van der Waals surface area contributed by atoms with Crippen LogP contribution in [0.25, 0.3) is 23.4 Å². The third-order valence-electron chi connectivity index (χ3n) is 4.01. The van der Waals surface area contributed by atoms with Crippen LogP contribution in [0.5, 0.6) is 0 Å². The molecule has 2 heteroatoms. The molecule has 0 aliphatic heterocycles. The van der Waals surface area contributed by atoms with Crippen molar-refractivity contribution in [1.29, 1.82) is 0 Å². The topological polar surface area (TPSA) is 12.9 Å². The molecule has 0 atom stereocenters. The van der Waals surface area contributed by atoms with Gasteiger partial charge in [0, 0.05) is 27.3 Å². The summed E-state index contributed by atoms with van der Waals surface area (Å²) in [4.78, 5) is 4.57. The Bertz CT molecular complexity index is 811. The van der Waals surface area contributed by atoms with E-state index in [0.29, 0.717) is 0 Å². The third kappa shape index (κ3) is 5.24. The molecule has 0 N–H and O–H groups in total. The van der Waals surface area contributed by atoms with E-state index in [0.717, 1.165) is 16.8 Å². The zero-order valence-electron chi connectivity index (χ0n) is 14.8. The summed E-state index contributed by atoms with van der Waals surface area (Å²) in [5.41, 5.74) is 5.69. The number of hydrogen-bond acceptors (Lipinski definition) is 1. The molecule has 0 bridgehead atoms. The van der Waals surface area contributed by atoms with Gasteiger partial charge in [-0.2, -0.15) is 0 Å². The van der Waals surface area contributed by atoms with Gasteiger partial charge in [-0.1, -0.05) is 75.4 Å². The van der Waals surface area contributed by atoms with Crippen LogP contribution in [-0.2, 0) is 26.5 Å². The Labute approximate surface area is 165 Å². The van der Waals surface area contributed by atoms with Crippen LogP contribution in [0.1, 0.15) is 37.5 Å². The summed E-state index contributed by atoms with van der Waals surface area (Å²) in [5.74, 6) is 0. The van der Waals surface area contributed by atoms with E-state index in [9.17, 15) is 0 Å². The smallest absolute Gasteiger partial charge is 0.0233 e. The van der Waals surface area contributed by atoms with Gasteiger partial charge in [-0.15, -0.1) is 35.4 Å². The predicted octanol–water partition coefficient (Wildman–Crippen LogP) is 6.01. The maximum Gasteiger partial charge on any atom is 0.0233 e. The molecule has 0 aliphatic rings. The maximum atomic E-state index is 4.57. The molecule has 1 heterocycles. The van der Waals surface area contributed by atoms with E-state index in [1.165, 1.54) is 11.1 Å². The monoisotopic (exact) mass is 507 g/mol. The summed E-state index contributed by atoms with van der Waals surface area (Å²) in [5, 5.41) is 0. The molecule has 0 radical (unpaired) electrons. The van der Waals surface area contributed by atoms with Gasteiger partial charge < -0.3 is 4.98 Å². The number of hydrogen-bond donors (Lipinski definition) is 0. The van der Waals surface area contributed by atoms with Crippen molar-refractivity contribution in [2.24, 2.45) is 0 Å². The van der Waals surface area contributed by atoms with Crippen LogP contribution < -0.4 is 0 Å². The normalized spacial score (nSPS) is 11.3. The van der Waals surface area contributed by atoms with Gasteiger partial charge in [-0.05, 0) is 22.2 Å². The average Bonchev–Trinajstić information content (AvgIpc) is 2.61. The van der Waals surface area contributed by atoms with Gasteiger partial charge >= 0.3 is 0 Å². The Morgan fingerprint density at radius 2 is 1.56 bits per heavy atom.